The number of aromatic nitrogens is 2. The Morgan fingerprint density at radius 1 is 1.25 bits per heavy atom. The third-order valence-electron chi connectivity index (χ3n) is 3.53. The largest absolute Gasteiger partial charge is 0.497 e. The smallest absolute Gasteiger partial charge is 0.231 e. The Morgan fingerprint density at radius 2 is 2.08 bits per heavy atom. The maximum absolute atomic E-state index is 12.0. The molecule has 0 unspecified atom stereocenters. The summed E-state index contributed by atoms with van der Waals surface area (Å²) in [5.41, 5.74) is 2.54. The maximum atomic E-state index is 12.0. The number of pyridine rings is 1. The van der Waals surface area contributed by atoms with E-state index >= 15 is 0 Å². The zero-order chi connectivity index (χ0) is 16.8. The number of carbonyl (C=O) groups is 1. The number of aryl methyl sites for hydroxylation is 1. The lowest BCUT2D eigenvalue weighted by Gasteiger charge is -2.03. The van der Waals surface area contributed by atoms with Crippen molar-refractivity contribution in [3.63, 3.8) is 0 Å². The molecule has 0 aliphatic rings. The van der Waals surface area contributed by atoms with E-state index in [4.69, 9.17) is 9.26 Å². The number of carbonyl (C=O) groups excluding carboxylic acids is 1. The maximum Gasteiger partial charge on any atom is 0.231 e. The number of nitrogens with zero attached hydrogens (tertiary/aromatic N) is 2. The summed E-state index contributed by atoms with van der Waals surface area (Å²) < 4.78 is 10.3. The van der Waals surface area contributed by atoms with Crippen LogP contribution in [0.1, 0.15) is 12.0 Å². The summed E-state index contributed by atoms with van der Waals surface area (Å²) in [6.45, 7) is 0. The van der Waals surface area contributed by atoms with E-state index in [2.05, 4.69) is 15.5 Å². The molecule has 0 saturated carbocycles. The first-order chi connectivity index (χ1) is 11.7. The SMILES string of the molecule is COc1ccc(CCC(=O)Nc2cc(-c3cccnc3)no2)cc1. The van der Waals surface area contributed by atoms with E-state index in [-0.39, 0.29) is 5.91 Å². The van der Waals surface area contributed by atoms with Gasteiger partial charge < -0.3 is 9.26 Å². The molecular weight excluding hydrogens is 306 g/mol. The molecule has 24 heavy (non-hydrogen) atoms. The molecule has 1 N–H and O–H groups in total. The molecule has 0 aliphatic heterocycles. The van der Waals surface area contributed by atoms with Gasteiger partial charge in [-0.25, -0.2) is 0 Å². The molecule has 2 heterocycles. The highest BCUT2D eigenvalue weighted by Gasteiger charge is 2.10. The average molecular weight is 323 g/mol. The van der Waals surface area contributed by atoms with Crippen LogP contribution in [0.25, 0.3) is 11.3 Å². The molecule has 122 valence electrons. The lowest BCUT2D eigenvalue weighted by molar-refractivity contribution is -0.116. The lowest BCUT2D eigenvalue weighted by Crippen LogP contribution is -2.11. The predicted octanol–water partition coefficient (Wildman–Crippen LogP) is 3.32. The molecule has 6 heteroatoms. The first-order valence-electron chi connectivity index (χ1n) is 7.54. The van der Waals surface area contributed by atoms with Gasteiger partial charge in [-0.3, -0.25) is 15.1 Å². The number of anilines is 1. The minimum atomic E-state index is -0.125. The molecule has 3 aromatic rings. The molecule has 6 nitrogen and oxygen atoms in total. The molecule has 0 atom stereocenters. The highest BCUT2D eigenvalue weighted by atomic mass is 16.5. The van der Waals surface area contributed by atoms with Gasteiger partial charge in [-0.1, -0.05) is 17.3 Å². The third kappa shape index (κ3) is 3.98. The second-order valence-electron chi connectivity index (χ2n) is 5.21. The Bertz CT molecular complexity index is 798. The molecule has 0 fully saturated rings. The van der Waals surface area contributed by atoms with Gasteiger partial charge >= 0.3 is 0 Å². The molecule has 0 aliphatic carbocycles. The Kier molecular flexibility index (Phi) is 4.86. The van der Waals surface area contributed by atoms with E-state index in [9.17, 15) is 4.79 Å². The summed E-state index contributed by atoms with van der Waals surface area (Å²) in [4.78, 5) is 16.0. The Morgan fingerprint density at radius 3 is 2.79 bits per heavy atom. The first-order valence-corrected chi connectivity index (χ1v) is 7.54. The van der Waals surface area contributed by atoms with E-state index in [1.165, 1.54) is 0 Å². The monoisotopic (exact) mass is 323 g/mol. The quantitative estimate of drug-likeness (QED) is 0.753. The van der Waals surface area contributed by atoms with E-state index in [0.29, 0.717) is 24.4 Å². The number of amides is 1. The second-order valence-corrected chi connectivity index (χ2v) is 5.21. The Hall–Kier alpha value is -3.15. The number of hydrogen-bond donors (Lipinski definition) is 1. The number of hydrogen-bond acceptors (Lipinski definition) is 5. The van der Waals surface area contributed by atoms with Crippen molar-refractivity contribution in [1.82, 2.24) is 10.1 Å². The van der Waals surface area contributed by atoms with Gasteiger partial charge in [0.15, 0.2) is 0 Å². The summed E-state index contributed by atoms with van der Waals surface area (Å²) in [6.07, 6.45) is 4.37. The van der Waals surface area contributed by atoms with Crippen LogP contribution in [0.2, 0.25) is 0 Å². The normalized spacial score (nSPS) is 10.4. The van der Waals surface area contributed by atoms with Crippen LogP contribution < -0.4 is 10.1 Å². The highest BCUT2D eigenvalue weighted by molar-refractivity contribution is 5.89. The first kappa shape index (κ1) is 15.7. The third-order valence-corrected chi connectivity index (χ3v) is 3.53. The Balaban J connectivity index is 1.54. The van der Waals surface area contributed by atoms with Crippen molar-refractivity contribution in [2.75, 3.05) is 12.4 Å². The van der Waals surface area contributed by atoms with Crippen molar-refractivity contribution < 1.29 is 14.1 Å². The molecule has 0 radical (unpaired) electrons. The van der Waals surface area contributed by atoms with Crippen molar-refractivity contribution in [2.45, 2.75) is 12.8 Å². The van der Waals surface area contributed by atoms with Gasteiger partial charge in [0.2, 0.25) is 11.8 Å². The standard InChI is InChI=1S/C18H17N3O3/c1-23-15-7-4-13(5-8-15)6-9-17(22)20-18-11-16(21-24-18)14-3-2-10-19-12-14/h2-5,7-8,10-12H,6,9H2,1H3,(H,20,22). The molecule has 0 spiro atoms. The highest BCUT2D eigenvalue weighted by Crippen LogP contribution is 2.20. The van der Waals surface area contributed by atoms with Gasteiger partial charge in [-0.15, -0.1) is 0 Å². The van der Waals surface area contributed by atoms with Crippen molar-refractivity contribution in [1.29, 1.82) is 0 Å². The molecule has 2 aromatic heterocycles. The molecule has 1 aromatic carbocycles. The van der Waals surface area contributed by atoms with Crippen LogP contribution in [-0.2, 0) is 11.2 Å². The van der Waals surface area contributed by atoms with Crippen LogP contribution in [0.15, 0.2) is 59.4 Å². The fourth-order valence-corrected chi connectivity index (χ4v) is 2.23. The molecule has 0 saturated heterocycles. The average Bonchev–Trinajstić information content (AvgIpc) is 3.09. The van der Waals surface area contributed by atoms with E-state index < -0.39 is 0 Å². The van der Waals surface area contributed by atoms with E-state index in [1.807, 2.05) is 36.4 Å². The van der Waals surface area contributed by atoms with Crippen molar-refractivity contribution in [2.24, 2.45) is 0 Å². The van der Waals surface area contributed by atoms with Gasteiger partial charge in [0, 0.05) is 30.4 Å². The van der Waals surface area contributed by atoms with Gasteiger partial charge in [0.25, 0.3) is 0 Å². The molecule has 3 rings (SSSR count). The zero-order valence-electron chi connectivity index (χ0n) is 13.2. The molecular formula is C18H17N3O3. The van der Waals surface area contributed by atoms with Crippen LogP contribution in [0.5, 0.6) is 5.75 Å². The number of ether oxygens (including phenoxy) is 1. The fourth-order valence-electron chi connectivity index (χ4n) is 2.23. The predicted molar refractivity (Wildman–Crippen MR) is 89.7 cm³/mol. The van der Waals surface area contributed by atoms with Gasteiger partial charge in [0.1, 0.15) is 11.4 Å². The van der Waals surface area contributed by atoms with Crippen molar-refractivity contribution in [3.05, 3.63) is 60.4 Å². The van der Waals surface area contributed by atoms with Crippen LogP contribution in [0.4, 0.5) is 5.88 Å². The van der Waals surface area contributed by atoms with Crippen LogP contribution in [-0.4, -0.2) is 23.2 Å². The summed E-state index contributed by atoms with van der Waals surface area (Å²) >= 11 is 0. The summed E-state index contributed by atoms with van der Waals surface area (Å²) in [5, 5.41) is 6.64. The van der Waals surface area contributed by atoms with Crippen molar-refractivity contribution in [3.8, 4) is 17.0 Å². The van der Waals surface area contributed by atoms with Gasteiger partial charge in [0.05, 0.1) is 7.11 Å². The number of rotatable bonds is 6. The van der Waals surface area contributed by atoms with Crippen LogP contribution in [0.3, 0.4) is 0 Å². The lowest BCUT2D eigenvalue weighted by atomic mass is 10.1. The Labute approximate surface area is 139 Å². The minimum Gasteiger partial charge on any atom is -0.497 e. The number of nitrogens with one attached hydrogen (secondary N) is 1. The zero-order valence-corrected chi connectivity index (χ0v) is 13.2. The fraction of sp³-hybridized carbons (Fsp3) is 0.167. The van der Waals surface area contributed by atoms with E-state index in [1.54, 1.807) is 25.6 Å². The topological polar surface area (TPSA) is 77.2 Å². The van der Waals surface area contributed by atoms with Crippen LogP contribution >= 0.6 is 0 Å². The van der Waals surface area contributed by atoms with Crippen molar-refractivity contribution >= 4 is 11.8 Å². The number of methoxy groups -OCH3 is 1. The summed E-state index contributed by atoms with van der Waals surface area (Å²) in [7, 11) is 1.62. The minimum absolute atomic E-state index is 0.125. The van der Waals surface area contributed by atoms with E-state index in [0.717, 1.165) is 16.9 Å². The summed E-state index contributed by atoms with van der Waals surface area (Å²) in [6, 6.07) is 13.0. The summed E-state index contributed by atoms with van der Waals surface area (Å²) in [5.74, 6) is 1.00. The second kappa shape index (κ2) is 7.41. The molecule has 0 bridgehead atoms. The van der Waals surface area contributed by atoms with Gasteiger partial charge in [-0.05, 0) is 36.2 Å². The van der Waals surface area contributed by atoms with Gasteiger partial charge in [-0.2, -0.15) is 0 Å². The molecule has 1 amide bonds. The number of benzene rings is 1. The van der Waals surface area contributed by atoms with Crippen LogP contribution in [0, 0.1) is 0 Å².